The third-order valence-electron chi connectivity index (χ3n) is 4.90. The van der Waals surface area contributed by atoms with Crippen LogP contribution in [-0.2, 0) is 18.3 Å². The molecule has 0 saturated heterocycles. The Hall–Kier alpha value is -3.75. The largest absolute Gasteiger partial charge is 0.465 e. The lowest BCUT2D eigenvalue weighted by molar-refractivity contribution is 0.0600. The van der Waals surface area contributed by atoms with E-state index in [1.807, 2.05) is 12.1 Å². The van der Waals surface area contributed by atoms with Gasteiger partial charge >= 0.3 is 5.97 Å². The van der Waals surface area contributed by atoms with Gasteiger partial charge in [-0.15, -0.1) is 10.2 Å². The minimum atomic E-state index is -0.624. The maximum Gasteiger partial charge on any atom is 0.338 e. The van der Waals surface area contributed by atoms with Gasteiger partial charge in [-0.25, -0.2) is 9.18 Å². The molecule has 148 valence electrons. The Morgan fingerprint density at radius 1 is 1.24 bits per heavy atom. The number of methoxy groups -OCH3 is 1. The van der Waals surface area contributed by atoms with Crippen molar-refractivity contribution in [3.63, 3.8) is 0 Å². The molecule has 0 aliphatic rings. The lowest BCUT2D eigenvalue weighted by Crippen LogP contribution is -2.20. The molecule has 8 nitrogen and oxygen atoms in total. The molecule has 0 atom stereocenters. The van der Waals surface area contributed by atoms with Crippen molar-refractivity contribution in [1.82, 2.24) is 19.2 Å². The van der Waals surface area contributed by atoms with E-state index < -0.39 is 11.8 Å². The molecule has 0 amide bonds. The maximum absolute atomic E-state index is 14.2. The van der Waals surface area contributed by atoms with E-state index in [-0.39, 0.29) is 17.7 Å². The molecule has 0 radical (unpaired) electrons. The number of anilines is 1. The monoisotopic (exact) mass is 395 g/mol. The molecular formula is C20H18FN5O3. The fraction of sp³-hybridized carbons (Fsp3) is 0.200. The summed E-state index contributed by atoms with van der Waals surface area (Å²) in [6.45, 7) is 1.81. The van der Waals surface area contributed by atoms with Gasteiger partial charge in [0.1, 0.15) is 5.82 Å². The number of benzene rings is 2. The number of hydrogen-bond donors (Lipinski definition) is 1. The van der Waals surface area contributed by atoms with E-state index >= 15 is 0 Å². The Balaban J connectivity index is 1.78. The van der Waals surface area contributed by atoms with E-state index in [2.05, 4.69) is 20.3 Å². The van der Waals surface area contributed by atoms with Crippen LogP contribution in [-0.4, -0.2) is 32.2 Å². The second kappa shape index (κ2) is 7.01. The highest BCUT2D eigenvalue weighted by molar-refractivity contribution is 5.90. The van der Waals surface area contributed by atoms with E-state index in [9.17, 15) is 14.0 Å². The second-order valence-electron chi connectivity index (χ2n) is 6.61. The van der Waals surface area contributed by atoms with Gasteiger partial charge < -0.3 is 10.1 Å². The zero-order valence-electron chi connectivity index (χ0n) is 16.1. The SMILES string of the molecule is COC(=O)c1cc(F)c(C)c(NCc2nnc3n(C)c(=O)c4ccccc4n23)c1. The number of halogens is 1. The van der Waals surface area contributed by atoms with E-state index in [0.29, 0.717) is 33.8 Å². The van der Waals surface area contributed by atoms with Gasteiger partial charge in [0, 0.05) is 18.3 Å². The molecule has 0 unspecified atom stereocenters. The normalized spacial score (nSPS) is 11.2. The molecule has 0 saturated carbocycles. The molecule has 0 aliphatic heterocycles. The van der Waals surface area contributed by atoms with Crippen molar-refractivity contribution in [3.05, 3.63) is 69.5 Å². The molecule has 4 rings (SSSR count). The fourth-order valence-electron chi connectivity index (χ4n) is 3.28. The Morgan fingerprint density at radius 3 is 2.76 bits per heavy atom. The first kappa shape index (κ1) is 18.6. The summed E-state index contributed by atoms with van der Waals surface area (Å²) < 4.78 is 22.1. The van der Waals surface area contributed by atoms with Crippen LogP contribution in [0.15, 0.2) is 41.2 Å². The van der Waals surface area contributed by atoms with E-state index in [1.54, 1.807) is 30.5 Å². The highest BCUT2D eigenvalue weighted by Gasteiger charge is 2.16. The van der Waals surface area contributed by atoms with Crippen LogP contribution in [0.1, 0.15) is 21.7 Å². The number of carbonyl (C=O) groups excluding carboxylic acids is 1. The lowest BCUT2D eigenvalue weighted by atomic mass is 10.1. The summed E-state index contributed by atoms with van der Waals surface area (Å²) in [6, 6.07) is 9.86. The summed E-state index contributed by atoms with van der Waals surface area (Å²) >= 11 is 0. The van der Waals surface area contributed by atoms with Crippen molar-refractivity contribution in [1.29, 1.82) is 0 Å². The van der Waals surface area contributed by atoms with Crippen LogP contribution in [0.4, 0.5) is 10.1 Å². The number of aryl methyl sites for hydroxylation is 1. The second-order valence-corrected chi connectivity index (χ2v) is 6.61. The molecule has 0 bridgehead atoms. The number of nitrogens with zero attached hydrogens (tertiary/aromatic N) is 4. The number of fused-ring (bicyclic) bond motifs is 3. The minimum absolute atomic E-state index is 0.108. The molecule has 0 spiro atoms. The molecule has 2 aromatic carbocycles. The van der Waals surface area contributed by atoms with Gasteiger partial charge in [-0.2, -0.15) is 0 Å². The molecule has 1 N–H and O–H groups in total. The highest BCUT2D eigenvalue weighted by Crippen LogP contribution is 2.22. The van der Waals surface area contributed by atoms with Crippen LogP contribution in [0.25, 0.3) is 16.7 Å². The summed E-state index contributed by atoms with van der Waals surface area (Å²) in [6.07, 6.45) is 0. The van der Waals surface area contributed by atoms with Gasteiger partial charge in [-0.05, 0) is 31.2 Å². The number of nitrogens with one attached hydrogen (secondary N) is 1. The van der Waals surface area contributed by atoms with Gasteiger partial charge in [0.2, 0.25) is 5.78 Å². The van der Waals surface area contributed by atoms with E-state index in [4.69, 9.17) is 0 Å². The number of para-hydroxylation sites is 1. The van der Waals surface area contributed by atoms with E-state index in [1.165, 1.54) is 17.7 Å². The maximum atomic E-state index is 14.2. The van der Waals surface area contributed by atoms with Crippen molar-refractivity contribution in [2.45, 2.75) is 13.5 Å². The average molecular weight is 395 g/mol. The quantitative estimate of drug-likeness (QED) is 0.534. The van der Waals surface area contributed by atoms with Crippen LogP contribution in [0, 0.1) is 12.7 Å². The number of ether oxygens (including phenoxy) is 1. The Morgan fingerprint density at radius 2 is 2.00 bits per heavy atom. The molecular weight excluding hydrogens is 377 g/mol. The van der Waals surface area contributed by atoms with Gasteiger partial charge in [0.05, 0.1) is 30.1 Å². The number of esters is 1. The molecule has 2 aromatic heterocycles. The minimum Gasteiger partial charge on any atom is -0.465 e. The Bertz CT molecular complexity index is 1330. The molecule has 0 fully saturated rings. The first-order valence-electron chi connectivity index (χ1n) is 8.86. The van der Waals surface area contributed by atoms with Crippen molar-refractivity contribution >= 4 is 28.3 Å². The summed E-state index contributed by atoms with van der Waals surface area (Å²) in [4.78, 5) is 24.3. The average Bonchev–Trinajstić information content (AvgIpc) is 3.16. The molecule has 9 heteroatoms. The smallest absolute Gasteiger partial charge is 0.338 e. The number of rotatable bonds is 4. The van der Waals surface area contributed by atoms with Crippen LogP contribution >= 0.6 is 0 Å². The first-order valence-corrected chi connectivity index (χ1v) is 8.86. The predicted octanol–water partition coefficient (Wildman–Crippen LogP) is 2.43. The number of carbonyl (C=O) groups is 1. The summed E-state index contributed by atoms with van der Waals surface area (Å²) in [5.41, 5.74) is 1.43. The van der Waals surface area contributed by atoms with Crippen molar-refractivity contribution in [3.8, 4) is 0 Å². The zero-order valence-corrected chi connectivity index (χ0v) is 16.1. The van der Waals surface area contributed by atoms with Crippen LogP contribution in [0.5, 0.6) is 0 Å². The summed E-state index contributed by atoms with van der Waals surface area (Å²) in [7, 11) is 2.88. The van der Waals surface area contributed by atoms with Crippen LogP contribution in [0.3, 0.4) is 0 Å². The summed E-state index contributed by atoms with van der Waals surface area (Å²) in [5, 5.41) is 12.0. The molecule has 29 heavy (non-hydrogen) atoms. The molecule has 0 aliphatic carbocycles. The van der Waals surface area contributed by atoms with Gasteiger partial charge in [-0.3, -0.25) is 13.8 Å². The molecule has 4 aromatic rings. The lowest BCUT2D eigenvalue weighted by Gasteiger charge is -2.12. The molecule has 2 heterocycles. The Labute approximate surface area is 164 Å². The topological polar surface area (TPSA) is 90.5 Å². The fourth-order valence-corrected chi connectivity index (χ4v) is 3.28. The third-order valence-corrected chi connectivity index (χ3v) is 4.90. The zero-order chi connectivity index (χ0) is 20.7. The first-order chi connectivity index (χ1) is 13.9. The number of aromatic nitrogens is 4. The highest BCUT2D eigenvalue weighted by atomic mass is 19.1. The van der Waals surface area contributed by atoms with Gasteiger partial charge in [0.25, 0.3) is 5.56 Å². The van der Waals surface area contributed by atoms with Crippen LogP contribution < -0.4 is 10.9 Å². The number of hydrogen-bond acceptors (Lipinski definition) is 6. The van der Waals surface area contributed by atoms with Crippen molar-refractivity contribution in [2.75, 3.05) is 12.4 Å². The van der Waals surface area contributed by atoms with Gasteiger partial charge in [0.15, 0.2) is 5.82 Å². The summed E-state index contributed by atoms with van der Waals surface area (Å²) in [5.74, 6) is -0.206. The van der Waals surface area contributed by atoms with E-state index in [0.717, 1.165) is 6.07 Å². The standard InChI is InChI=1S/C20H18FN5O3/c1-11-14(21)8-12(19(28)29-3)9-15(11)22-10-17-23-24-20-25(2)18(27)13-6-4-5-7-16(13)26(17)20/h4-9,22H,10H2,1-3H3. The van der Waals surface area contributed by atoms with Crippen LogP contribution in [0.2, 0.25) is 0 Å². The Kier molecular flexibility index (Phi) is 4.50. The predicted molar refractivity (Wildman–Crippen MR) is 106 cm³/mol. The van der Waals surface area contributed by atoms with Crippen molar-refractivity contribution < 1.29 is 13.9 Å². The van der Waals surface area contributed by atoms with Crippen molar-refractivity contribution in [2.24, 2.45) is 7.05 Å². The third kappa shape index (κ3) is 3.00. The van der Waals surface area contributed by atoms with Gasteiger partial charge in [-0.1, -0.05) is 12.1 Å².